The Balaban J connectivity index is 1.58. The quantitative estimate of drug-likeness (QED) is 0.208. The number of rotatable bonds is 6. The maximum atomic E-state index is 13.2. The summed E-state index contributed by atoms with van der Waals surface area (Å²) in [5.41, 5.74) is 13.8. The van der Waals surface area contributed by atoms with E-state index in [-0.39, 0.29) is 17.9 Å². The van der Waals surface area contributed by atoms with Crippen LogP contribution in [0.5, 0.6) is 5.88 Å². The number of nitrogens with zero attached hydrogens (tertiary/aromatic N) is 3. The molecule has 5 rings (SSSR count). The SMILES string of the molecule is COC(=O)C(C)(C)C(c1ccc2c(c1)C(N1CCOc3ncccc3C1)CC2)c1ccc(N(C)N)c(N)c1C. The number of esters is 1. The highest BCUT2D eigenvalue weighted by Gasteiger charge is 2.42. The second-order valence-electron chi connectivity index (χ2n) is 11.3. The molecule has 0 spiro atoms. The van der Waals surface area contributed by atoms with E-state index in [9.17, 15) is 4.79 Å². The average Bonchev–Trinajstić information content (AvgIpc) is 3.21. The second kappa shape index (κ2) is 10.5. The van der Waals surface area contributed by atoms with E-state index in [1.807, 2.05) is 39.0 Å². The lowest BCUT2D eigenvalue weighted by Crippen LogP contribution is -2.34. The lowest BCUT2D eigenvalue weighted by Gasteiger charge is -2.35. The summed E-state index contributed by atoms with van der Waals surface area (Å²) in [5, 5.41) is 1.52. The van der Waals surface area contributed by atoms with Gasteiger partial charge in [-0.25, -0.2) is 10.8 Å². The summed E-state index contributed by atoms with van der Waals surface area (Å²) in [6.45, 7) is 8.11. The number of carbonyl (C=O) groups is 1. The zero-order valence-electron chi connectivity index (χ0n) is 23.5. The number of hydrogen-bond donors (Lipinski definition) is 2. The van der Waals surface area contributed by atoms with Gasteiger partial charge in [-0.15, -0.1) is 0 Å². The van der Waals surface area contributed by atoms with Crippen LogP contribution in [0.25, 0.3) is 0 Å². The van der Waals surface area contributed by atoms with Gasteiger partial charge in [0.15, 0.2) is 0 Å². The van der Waals surface area contributed by atoms with E-state index < -0.39 is 5.41 Å². The molecule has 0 radical (unpaired) electrons. The Kier molecular flexibility index (Phi) is 7.27. The maximum absolute atomic E-state index is 13.2. The molecule has 2 unspecified atom stereocenters. The Morgan fingerprint density at radius 1 is 1.23 bits per heavy atom. The standard InChI is InChI=1S/C31H39N5O3/c1-19-23(11-13-26(28(19)32)35(4)33)27(31(2,3)30(37)38-5)21-9-8-20-10-12-25(24(20)17-21)36-15-16-39-29-22(18-36)7-6-14-34-29/h6-9,11,13-14,17,25,27H,10,12,15-16,18,32-33H2,1-5H3. The molecule has 3 aromatic rings. The monoisotopic (exact) mass is 529 g/mol. The predicted molar refractivity (Wildman–Crippen MR) is 153 cm³/mol. The van der Waals surface area contributed by atoms with E-state index in [0.717, 1.165) is 59.8 Å². The maximum Gasteiger partial charge on any atom is 0.312 e. The van der Waals surface area contributed by atoms with Crippen LogP contribution in [-0.4, -0.2) is 43.2 Å². The number of hydrazine groups is 1. The van der Waals surface area contributed by atoms with Crippen LogP contribution in [0, 0.1) is 12.3 Å². The van der Waals surface area contributed by atoms with Crippen LogP contribution >= 0.6 is 0 Å². The topological polar surface area (TPSA) is 107 Å². The number of nitrogens with two attached hydrogens (primary N) is 2. The summed E-state index contributed by atoms with van der Waals surface area (Å²) in [5.74, 6) is 6.22. The Labute approximate surface area is 230 Å². The van der Waals surface area contributed by atoms with Gasteiger partial charge in [-0.05, 0) is 73.6 Å². The van der Waals surface area contributed by atoms with E-state index in [0.29, 0.717) is 12.3 Å². The first-order chi connectivity index (χ1) is 18.6. The van der Waals surface area contributed by atoms with Gasteiger partial charge in [0.05, 0.1) is 23.9 Å². The third-order valence-corrected chi connectivity index (χ3v) is 8.49. The Hall–Kier alpha value is -3.62. The molecule has 0 fully saturated rings. The molecule has 8 nitrogen and oxygen atoms in total. The van der Waals surface area contributed by atoms with Gasteiger partial charge in [-0.2, -0.15) is 0 Å². The number of nitrogen functional groups attached to an aromatic ring is 1. The highest BCUT2D eigenvalue weighted by molar-refractivity contribution is 5.80. The van der Waals surface area contributed by atoms with Crippen molar-refractivity contribution in [2.24, 2.45) is 11.3 Å². The lowest BCUT2D eigenvalue weighted by molar-refractivity contribution is -0.151. The van der Waals surface area contributed by atoms with Gasteiger partial charge >= 0.3 is 5.97 Å². The van der Waals surface area contributed by atoms with Crippen molar-refractivity contribution >= 4 is 17.3 Å². The van der Waals surface area contributed by atoms with E-state index in [4.69, 9.17) is 21.1 Å². The zero-order chi connectivity index (χ0) is 27.9. The summed E-state index contributed by atoms with van der Waals surface area (Å²) < 4.78 is 11.3. The summed E-state index contributed by atoms with van der Waals surface area (Å²) >= 11 is 0. The van der Waals surface area contributed by atoms with Crippen LogP contribution in [-0.2, 0) is 22.5 Å². The average molecular weight is 530 g/mol. The molecular weight excluding hydrogens is 490 g/mol. The Morgan fingerprint density at radius 3 is 2.77 bits per heavy atom. The fourth-order valence-corrected chi connectivity index (χ4v) is 6.37. The number of hydrogen-bond acceptors (Lipinski definition) is 8. The Morgan fingerprint density at radius 2 is 2.03 bits per heavy atom. The van der Waals surface area contributed by atoms with Crippen molar-refractivity contribution in [2.45, 2.75) is 52.1 Å². The van der Waals surface area contributed by atoms with Crippen molar-refractivity contribution in [1.82, 2.24) is 9.88 Å². The molecule has 0 saturated carbocycles. The van der Waals surface area contributed by atoms with Gasteiger partial charge in [-0.3, -0.25) is 9.69 Å². The van der Waals surface area contributed by atoms with Crippen molar-refractivity contribution < 1.29 is 14.3 Å². The molecule has 8 heteroatoms. The first-order valence-electron chi connectivity index (χ1n) is 13.5. The van der Waals surface area contributed by atoms with Gasteiger partial charge in [0.25, 0.3) is 0 Å². The van der Waals surface area contributed by atoms with Crippen LogP contribution < -0.4 is 21.3 Å². The van der Waals surface area contributed by atoms with Gasteiger partial charge in [0.1, 0.15) is 6.61 Å². The number of methoxy groups -OCH3 is 1. The molecule has 2 atom stereocenters. The number of aryl methyl sites for hydroxylation is 1. The molecule has 206 valence electrons. The first kappa shape index (κ1) is 27.0. The molecule has 1 aliphatic heterocycles. The highest BCUT2D eigenvalue weighted by Crippen LogP contribution is 2.47. The minimum absolute atomic E-state index is 0.260. The summed E-state index contributed by atoms with van der Waals surface area (Å²) in [7, 11) is 3.21. The number of fused-ring (bicyclic) bond motifs is 2. The summed E-state index contributed by atoms with van der Waals surface area (Å²) in [4.78, 5) is 20.1. The molecule has 0 saturated heterocycles. The largest absolute Gasteiger partial charge is 0.476 e. The third-order valence-electron chi connectivity index (χ3n) is 8.49. The van der Waals surface area contributed by atoms with Crippen molar-refractivity contribution in [1.29, 1.82) is 0 Å². The van der Waals surface area contributed by atoms with Gasteiger partial charge in [-0.1, -0.05) is 30.3 Å². The van der Waals surface area contributed by atoms with Crippen molar-refractivity contribution in [3.05, 3.63) is 82.0 Å². The Bertz CT molecular complexity index is 1390. The van der Waals surface area contributed by atoms with E-state index in [1.165, 1.54) is 23.2 Å². The van der Waals surface area contributed by atoms with Crippen molar-refractivity contribution in [3.8, 4) is 5.88 Å². The minimum Gasteiger partial charge on any atom is -0.476 e. The normalized spacial score (nSPS) is 17.9. The van der Waals surface area contributed by atoms with Crippen molar-refractivity contribution in [3.63, 3.8) is 0 Å². The molecule has 1 aliphatic carbocycles. The lowest BCUT2D eigenvalue weighted by atomic mass is 9.69. The number of pyridine rings is 1. The number of anilines is 2. The van der Waals surface area contributed by atoms with Crippen LogP contribution in [0.1, 0.15) is 65.6 Å². The molecule has 2 aromatic carbocycles. The molecule has 0 amide bonds. The third kappa shape index (κ3) is 4.83. The van der Waals surface area contributed by atoms with Gasteiger partial charge in [0, 0.05) is 43.9 Å². The zero-order valence-corrected chi connectivity index (χ0v) is 23.5. The molecule has 1 aromatic heterocycles. The highest BCUT2D eigenvalue weighted by atomic mass is 16.5. The van der Waals surface area contributed by atoms with E-state index in [1.54, 1.807) is 13.2 Å². The summed E-state index contributed by atoms with van der Waals surface area (Å²) in [6.07, 6.45) is 3.84. The predicted octanol–water partition coefficient (Wildman–Crippen LogP) is 4.50. The first-order valence-corrected chi connectivity index (χ1v) is 13.5. The fraction of sp³-hybridized carbons (Fsp3) is 0.419. The van der Waals surface area contributed by atoms with Gasteiger partial charge < -0.3 is 20.2 Å². The van der Waals surface area contributed by atoms with E-state index in [2.05, 4.69) is 34.1 Å². The van der Waals surface area contributed by atoms with Crippen LogP contribution in [0.15, 0.2) is 48.7 Å². The smallest absolute Gasteiger partial charge is 0.312 e. The van der Waals surface area contributed by atoms with Crippen LogP contribution in [0.4, 0.5) is 11.4 Å². The minimum atomic E-state index is -0.842. The fourth-order valence-electron chi connectivity index (χ4n) is 6.37. The number of ether oxygens (including phenoxy) is 2. The second-order valence-corrected chi connectivity index (χ2v) is 11.3. The van der Waals surface area contributed by atoms with Crippen LogP contribution in [0.3, 0.4) is 0 Å². The van der Waals surface area contributed by atoms with Crippen molar-refractivity contribution in [2.75, 3.05) is 38.1 Å². The van der Waals surface area contributed by atoms with E-state index >= 15 is 0 Å². The summed E-state index contributed by atoms with van der Waals surface area (Å²) in [6, 6.07) is 15.0. The van der Waals surface area contributed by atoms with Gasteiger partial charge in [0.2, 0.25) is 5.88 Å². The molecular formula is C31H39N5O3. The molecule has 2 heterocycles. The molecule has 2 aliphatic rings. The number of benzene rings is 2. The number of carbonyl (C=O) groups excluding carboxylic acids is 1. The molecule has 39 heavy (non-hydrogen) atoms. The number of aromatic nitrogens is 1. The van der Waals surface area contributed by atoms with Crippen LogP contribution in [0.2, 0.25) is 0 Å². The molecule has 0 bridgehead atoms. The molecule has 4 N–H and O–H groups in total.